The number of esters is 1. The van der Waals surface area contributed by atoms with E-state index in [4.69, 9.17) is 9.15 Å². The standard InChI is InChI=1S/C21H17N3O4/c1-12-4-6-15(7-5-12)17-11-24(23-22-17)18-10-16-8-9-19(27-14(3)25)13(2)20(16)28-21(18)26/h4-11H,1-3H3. The van der Waals surface area contributed by atoms with Crippen molar-refractivity contribution in [1.82, 2.24) is 15.0 Å². The van der Waals surface area contributed by atoms with Crippen molar-refractivity contribution < 1.29 is 13.9 Å². The third-order valence-corrected chi connectivity index (χ3v) is 4.42. The topological polar surface area (TPSA) is 87.2 Å². The Balaban J connectivity index is 1.77. The Morgan fingerprint density at radius 1 is 1.11 bits per heavy atom. The summed E-state index contributed by atoms with van der Waals surface area (Å²) in [5.74, 6) is -0.0778. The van der Waals surface area contributed by atoms with Crippen LogP contribution in [0.5, 0.6) is 5.75 Å². The molecule has 0 radical (unpaired) electrons. The number of ether oxygens (including phenoxy) is 1. The van der Waals surface area contributed by atoms with Crippen LogP contribution in [0.3, 0.4) is 0 Å². The van der Waals surface area contributed by atoms with Crippen LogP contribution in [0.4, 0.5) is 0 Å². The summed E-state index contributed by atoms with van der Waals surface area (Å²) >= 11 is 0. The van der Waals surface area contributed by atoms with Gasteiger partial charge in [0.15, 0.2) is 5.69 Å². The number of carbonyl (C=O) groups is 1. The summed E-state index contributed by atoms with van der Waals surface area (Å²) in [4.78, 5) is 23.8. The first-order chi connectivity index (χ1) is 13.4. The predicted molar refractivity (Wildman–Crippen MR) is 104 cm³/mol. The summed E-state index contributed by atoms with van der Waals surface area (Å²) < 4.78 is 12.0. The summed E-state index contributed by atoms with van der Waals surface area (Å²) in [6.07, 6.45) is 1.68. The van der Waals surface area contributed by atoms with E-state index in [-0.39, 0.29) is 5.69 Å². The smallest absolute Gasteiger partial charge is 0.362 e. The van der Waals surface area contributed by atoms with Gasteiger partial charge in [-0.05, 0) is 32.0 Å². The predicted octanol–water partition coefficient (Wildman–Crippen LogP) is 3.58. The van der Waals surface area contributed by atoms with Gasteiger partial charge in [0.25, 0.3) is 0 Å². The first-order valence-electron chi connectivity index (χ1n) is 8.68. The molecule has 140 valence electrons. The number of hydrogen-bond donors (Lipinski definition) is 0. The lowest BCUT2D eigenvalue weighted by molar-refractivity contribution is -0.131. The summed E-state index contributed by atoms with van der Waals surface area (Å²) in [5, 5.41) is 8.91. The van der Waals surface area contributed by atoms with E-state index in [0.29, 0.717) is 28.0 Å². The molecule has 0 aliphatic rings. The number of carbonyl (C=O) groups excluding carboxylic acids is 1. The van der Waals surface area contributed by atoms with Crippen molar-refractivity contribution in [3.05, 3.63) is 70.2 Å². The van der Waals surface area contributed by atoms with Crippen molar-refractivity contribution >= 4 is 16.9 Å². The second kappa shape index (κ2) is 6.77. The van der Waals surface area contributed by atoms with Crippen LogP contribution in [0.2, 0.25) is 0 Å². The average molecular weight is 375 g/mol. The van der Waals surface area contributed by atoms with Gasteiger partial charge in [0, 0.05) is 23.4 Å². The quantitative estimate of drug-likeness (QED) is 0.309. The summed E-state index contributed by atoms with van der Waals surface area (Å²) in [6.45, 7) is 5.06. The first kappa shape index (κ1) is 17.7. The van der Waals surface area contributed by atoms with Gasteiger partial charge in [-0.25, -0.2) is 9.48 Å². The van der Waals surface area contributed by atoms with Crippen LogP contribution in [-0.4, -0.2) is 21.0 Å². The van der Waals surface area contributed by atoms with Gasteiger partial charge in [-0.2, -0.15) is 0 Å². The minimum atomic E-state index is -0.559. The SMILES string of the molecule is CC(=O)Oc1ccc2cc(-n3cc(-c4ccc(C)cc4)nn3)c(=O)oc2c1C. The first-order valence-corrected chi connectivity index (χ1v) is 8.68. The Morgan fingerprint density at radius 3 is 2.57 bits per heavy atom. The normalized spacial score (nSPS) is 11.0. The maximum Gasteiger partial charge on any atom is 0.362 e. The molecule has 0 N–H and O–H groups in total. The number of nitrogens with zero attached hydrogens (tertiary/aromatic N) is 3. The molecule has 0 saturated heterocycles. The molecule has 0 fully saturated rings. The number of hydrogen-bond acceptors (Lipinski definition) is 6. The molecule has 0 unspecified atom stereocenters. The highest BCUT2D eigenvalue weighted by Crippen LogP contribution is 2.28. The van der Waals surface area contributed by atoms with Crippen LogP contribution in [-0.2, 0) is 4.79 Å². The van der Waals surface area contributed by atoms with Crippen molar-refractivity contribution in [2.24, 2.45) is 0 Å². The van der Waals surface area contributed by atoms with Gasteiger partial charge in [-0.3, -0.25) is 4.79 Å². The number of aromatic nitrogens is 3. The van der Waals surface area contributed by atoms with E-state index in [1.54, 1.807) is 31.3 Å². The van der Waals surface area contributed by atoms with Gasteiger partial charge in [-0.15, -0.1) is 5.10 Å². The van der Waals surface area contributed by atoms with Crippen LogP contribution < -0.4 is 10.4 Å². The highest BCUT2D eigenvalue weighted by molar-refractivity contribution is 5.84. The molecule has 4 aromatic rings. The van der Waals surface area contributed by atoms with E-state index >= 15 is 0 Å². The molecule has 4 rings (SSSR count). The lowest BCUT2D eigenvalue weighted by Gasteiger charge is -2.08. The van der Waals surface area contributed by atoms with Gasteiger partial charge < -0.3 is 9.15 Å². The molecule has 0 amide bonds. The Morgan fingerprint density at radius 2 is 1.86 bits per heavy atom. The molecule has 2 aromatic carbocycles. The van der Waals surface area contributed by atoms with Crippen molar-refractivity contribution in [3.8, 4) is 22.7 Å². The number of rotatable bonds is 3. The second-order valence-corrected chi connectivity index (χ2v) is 6.53. The van der Waals surface area contributed by atoms with Crippen molar-refractivity contribution in [2.45, 2.75) is 20.8 Å². The van der Waals surface area contributed by atoms with Crippen LogP contribution in [0, 0.1) is 13.8 Å². The van der Waals surface area contributed by atoms with E-state index < -0.39 is 11.6 Å². The molecule has 2 aromatic heterocycles. The van der Waals surface area contributed by atoms with Gasteiger partial charge in [-0.1, -0.05) is 35.0 Å². The summed E-state index contributed by atoms with van der Waals surface area (Å²) in [7, 11) is 0. The maximum absolute atomic E-state index is 12.5. The minimum Gasteiger partial charge on any atom is -0.426 e. The molecule has 0 saturated carbocycles. The largest absolute Gasteiger partial charge is 0.426 e. The molecule has 0 atom stereocenters. The molecular weight excluding hydrogens is 358 g/mol. The molecule has 7 heteroatoms. The molecule has 0 bridgehead atoms. The van der Waals surface area contributed by atoms with Gasteiger partial charge in [0.2, 0.25) is 0 Å². The van der Waals surface area contributed by atoms with Gasteiger partial charge in [0.05, 0.1) is 6.20 Å². The van der Waals surface area contributed by atoms with E-state index in [1.807, 2.05) is 31.2 Å². The Bertz CT molecular complexity index is 1250. The van der Waals surface area contributed by atoms with Crippen LogP contribution in [0.1, 0.15) is 18.1 Å². The highest BCUT2D eigenvalue weighted by Gasteiger charge is 2.15. The monoisotopic (exact) mass is 375 g/mol. The third-order valence-electron chi connectivity index (χ3n) is 4.42. The van der Waals surface area contributed by atoms with Crippen molar-refractivity contribution in [2.75, 3.05) is 0 Å². The van der Waals surface area contributed by atoms with Gasteiger partial charge >= 0.3 is 11.6 Å². The zero-order valence-corrected chi connectivity index (χ0v) is 15.6. The fourth-order valence-corrected chi connectivity index (χ4v) is 2.96. The van der Waals surface area contributed by atoms with Crippen molar-refractivity contribution in [1.29, 1.82) is 0 Å². The van der Waals surface area contributed by atoms with Gasteiger partial charge in [0.1, 0.15) is 17.0 Å². The minimum absolute atomic E-state index is 0.248. The molecule has 0 aliphatic carbocycles. The number of benzene rings is 2. The van der Waals surface area contributed by atoms with E-state index in [9.17, 15) is 9.59 Å². The maximum atomic E-state index is 12.5. The molecular formula is C21H17N3O4. The van der Waals surface area contributed by atoms with Crippen LogP contribution in [0.25, 0.3) is 27.9 Å². The second-order valence-electron chi connectivity index (χ2n) is 6.53. The lowest BCUT2D eigenvalue weighted by Crippen LogP contribution is -2.11. The van der Waals surface area contributed by atoms with E-state index in [1.165, 1.54) is 11.6 Å². The summed E-state index contributed by atoms with van der Waals surface area (Å²) in [5.41, 5.74) is 3.34. The van der Waals surface area contributed by atoms with E-state index in [0.717, 1.165) is 11.1 Å². The lowest BCUT2D eigenvalue weighted by atomic mass is 10.1. The number of aryl methyl sites for hydroxylation is 2. The highest BCUT2D eigenvalue weighted by atomic mass is 16.5. The molecule has 0 spiro atoms. The Labute approximate surface area is 160 Å². The number of fused-ring (bicyclic) bond motifs is 1. The van der Waals surface area contributed by atoms with Crippen LogP contribution in [0.15, 0.2) is 57.9 Å². The van der Waals surface area contributed by atoms with Crippen molar-refractivity contribution in [3.63, 3.8) is 0 Å². The molecule has 28 heavy (non-hydrogen) atoms. The Hall–Kier alpha value is -3.74. The zero-order valence-electron chi connectivity index (χ0n) is 15.6. The van der Waals surface area contributed by atoms with Crippen LogP contribution >= 0.6 is 0 Å². The Kier molecular flexibility index (Phi) is 4.27. The third kappa shape index (κ3) is 3.18. The summed E-state index contributed by atoms with van der Waals surface area (Å²) in [6, 6.07) is 13.0. The van der Waals surface area contributed by atoms with E-state index in [2.05, 4.69) is 10.3 Å². The molecule has 7 nitrogen and oxygen atoms in total. The zero-order chi connectivity index (χ0) is 19.8. The average Bonchev–Trinajstić information content (AvgIpc) is 3.14. The fraction of sp³-hybridized carbons (Fsp3) is 0.143. The fourth-order valence-electron chi connectivity index (χ4n) is 2.96. The molecule has 0 aliphatic heterocycles. The molecule has 2 heterocycles.